The molecule has 1 amide bonds. The van der Waals surface area contributed by atoms with Gasteiger partial charge in [0.05, 0.1) is 30.1 Å². The number of methoxy groups -OCH3 is 1. The number of aromatic nitrogens is 2. The van der Waals surface area contributed by atoms with Gasteiger partial charge < -0.3 is 20.7 Å². The fourth-order valence-corrected chi connectivity index (χ4v) is 5.38. The molecule has 2 aromatic carbocycles. The number of piperidine rings is 1. The highest BCUT2D eigenvalue weighted by Crippen LogP contribution is 2.31. The molecular weight excluding hydrogens is 474 g/mol. The molecule has 1 saturated heterocycles. The normalized spacial score (nSPS) is 14.7. The van der Waals surface area contributed by atoms with Crippen LogP contribution in [-0.4, -0.2) is 53.2 Å². The van der Waals surface area contributed by atoms with E-state index in [2.05, 4.69) is 63.8 Å². The molecule has 0 aliphatic carbocycles. The van der Waals surface area contributed by atoms with Gasteiger partial charge in [-0.2, -0.15) is 5.10 Å². The van der Waals surface area contributed by atoms with Crippen LogP contribution in [0, 0.1) is 0 Å². The van der Waals surface area contributed by atoms with Gasteiger partial charge >= 0.3 is 0 Å². The Bertz CT molecular complexity index is 1400. The molecule has 0 radical (unpaired) electrons. The van der Waals surface area contributed by atoms with E-state index in [0.29, 0.717) is 11.5 Å². The van der Waals surface area contributed by atoms with Crippen LogP contribution in [0.15, 0.2) is 67.0 Å². The second kappa shape index (κ2) is 11.3. The van der Waals surface area contributed by atoms with Crippen molar-refractivity contribution < 1.29 is 9.53 Å². The second-order valence-electron chi connectivity index (χ2n) is 10.5. The van der Waals surface area contributed by atoms with Gasteiger partial charge in [-0.25, -0.2) is 4.52 Å². The van der Waals surface area contributed by atoms with Crippen molar-refractivity contribution in [3.8, 4) is 16.9 Å². The number of fused-ring (bicyclic) bond motifs is 1. The molecule has 7 heteroatoms. The summed E-state index contributed by atoms with van der Waals surface area (Å²) in [4.78, 5) is 14.5. The van der Waals surface area contributed by atoms with Crippen LogP contribution in [0.25, 0.3) is 16.6 Å². The molecule has 1 fully saturated rings. The molecule has 3 heterocycles. The summed E-state index contributed by atoms with van der Waals surface area (Å²) in [6, 6.07) is 19.5. The third kappa shape index (κ3) is 5.68. The van der Waals surface area contributed by atoms with Crippen molar-refractivity contribution in [2.75, 3.05) is 32.1 Å². The highest BCUT2D eigenvalue weighted by Gasteiger charge is 2.21. The van der Waals surface area contributed by atoms with E-state index in [9.17, 15) is 4.79 Å². The first-order chi connectivity index (χ1) is 18.4. The van der Waals surface area contributed by atoms with Gasteiger partial charge in [0.25, 0.3) is 5.91 Å². The minimum atomic E-state index is -0.486. The number of likely N-dealkylation sites (tertiary alicyclic amines) is 1. The Kier molecular flexibility index (Phi) is 7.65. The lowest BCUT2D eigenvalue weighted by Gasteiger charge is -2.32. The number of nitrogens with two attached hydrogens (primary N) is 1. The number of nitrogens with zero attached hydrogens (tertiary/aromatic N) is 3. The molecule has 0 bridgehead atoms. The maximum atomic E-state index is 12.0. The topological polar surface area (TPSA) is 84.9 Å². The minimum absolute atomic E-state index is 0.157. The van der Waals surface area contributed by atoms with Crippen LogP contribution in [-0.2, 0) is 6.42 Å². The van der Waals surface area contributed by atoms with Crippen molar-refractivity contribution >= 4 is 17.1 Å². The van der Waals surface area contributed by atoms with Gasteiger partial charge in [-0.15, -0.1) is 0 Å². The molecule has 0 saturated carbocycles. The van der Waals surface area contributed by atoms with Gasteiger partial charge in [-0.3, -0.25) is 4.79 Å². The van der Waals surface area contributed by atoms with E-state index < -0.39 is 5.91 Å². The first-order valence-corrected chi connectivity index (χ1v) is 13.4. The zero-order valence-electron chi connectivity index (χ0n) is 22.5. The Morgan fingerprint density at radius 2 is 1.87 bits per heavy atom. The highest BCUT2D eigenvalue weighted by atomic mass is 16.5. The van der Waals surface area contributed by atoms with E-state index in [0.717, 1.165) is 54.1 Å². The molecule has 3 N–H and O–H groups in total. The highest BCUT2D eigenvalue weighted by molar-refractivity contribution is 6.02. The van der Waals surface area contributed by atoms with Crippen LogP contribution >= 0.6 is 0 Å². The summed E-state index contributed by atoms with van der Waals surface area (Å²) in [5, 5.41) is 7.78. The number of hydrogen-bond donors (Lipinski definition) is 2. The Morgan fingerprint density at radius 3 is 2.55 bits per heavy atom. The van der Waals surface area contributed by atoms with Crippen LogP contribution in [0.5, 0.6) is 5.75 Å². The molecule has 1 aliphatic heterocycles. The molecule has 1 aliphatic rings. The summed E-state index contributed by atoms with van der Waals surface area (Å²) < 4.78 is 7.21. The monoisotopic (exact) mass is 511 g/mol. The van der Waals surface area contributed by atoms with Crippen LogP contribution in [0.1, 0.15) is 54.1 Å². The molecule has 7 nitrogen and oxygen atoms in total. The molecule has 198 valence electrons. The maximum Gasteiger partial charge on any atom is 0.252 e. The zero-order chi connectivity index (χ0) is 26.6. The standard InChI is InChI=1S/C31H37N5O2/c1-21(2)34-30-28(31(32)37)19-33-36-20-26(18-29(30)36)23-9-7-22(8-10-23)11-14-35-15-12-24(13-16-35)25-5-4-6-27(17-25)38-3/h4-10,17-21,24,34H,11-16H2,1-3H3,(H2,32,37). The zero-order valence-corrected chi connectivity index (χ0v) is 22.5. The van der Waals surface area contributed by atoms with Gasteiger partial charge in [-0.1, -0.05) is 36.4 Å². The molecule has 5 rings (SSSR count). The van der Waals surface area contributed by atoms with E-state index >= 15 is 0 Å². The van der Waals surface area contributed by atoms with Crippen LogP contribution in [0.3, 0.4) is 0 Å². The lowest BCUT2D eigenvalue weighted by atomic mass is 9.89. The molecule has 38 heavy (non-hydrogen) atoms. The number of primary amides is 1. The first-order valence-electron chi connectivity index (χ1n) is 13.4. The van der Waals surface area contributed by atoms with Crippen molar-refractivity contribution in [1.82, 2.24) is 14.5 Å². The number of hydrogen-bond acceptors (Lipinski definition) is 5. The molecule has 0 spiro atoms. The van der Waals surface area contributed by atoms with E-state index in [-0.39, 0.29) is 6.04 Å². The predicted molar refractivity (Wildman–Crippen MR) is 153 cm³/mol. The van der Waals surface area contributed by atoms with Gasteiger partial charge in [-0.05, 0) is 87.0 Å². The van der Waals surface area contributed by atoms with Crippen molar-refractivity contribution in [3.05, 3.63) is 83.7 Å². The summed E-state index contributed by atoms with van der Waals surface area (Å²) in [6.07, 6.45) is 6.94. The summed E-state index contributed by atoms with van der Waals surface area (Å²) >= 11 is 0. The number of ether oxygens (including phenoxy) is 1. The minimum Gasteiger partial charge on any atom is -0.497 e. The molecule has 0 unspecified atom stereocenters. The third-order valence-corrected chi connectivity index (χ3v) is 7.49. The smallest absolute Gasteiger partial charge is 0.252 e. The fourth-order valence-electron chi connectivity index (χ4n) is 5.38. The van der Waals surface area contributed by atoms with Gasteiger partial charge in [0, 0.05) is 24.3 Å². The maximum absolute atomic E-state index is 12.0. The van der Waals surface area contributed by atoms with E-state index in [1.165, 1.54) is 30.2 Å². The average molecular weight is 512 g/mol. The van der Waals surface area contributed by atoms with Gasteiger partial charge in [0.2, 0.25) is 0 Å². The first kappa shape index (κ1) is 25.8. The number of nitrogens with one attached hydrogen (secondary N) is 1. The summed E-state index contributed by atoms with van der Waals surface area (Å²) in [5.41, 5.74) is 12.5. The largest absolute Gasteiger partial charge is 0.497 e. The average Bonchev–Trinajstić information content (AvgIpc) is 3.37. The van der Waals surface area contributed by atoms with E-state index in [1.54, 1.807) is 11.6 Å². The van der Waals surface area contributed by atoms with Crippen molar-refractivity contribution in [3.63, 3.8) is 0 Å². The Hall–Kier alpha value is -3.84. The summed E-state index contributed by atoms with van der Waals surface area (Å²) in [6.45, 7) is 7.40. The van der Waals surface area contributed by atoms with Crippen LogP contribution in [0.4, 0.5) is 5.69 Å². The Morgan fingerprint density at radius 1 is 1.11 bits per heavy atom. The molecule has 2 aromatic heterocycles. The number of benzene rings is 2. The van der Waals surface area contributed by atoms with Gasteiger partial charge in [0.15, 0.2) is 0 Å². The lowest BCUT2D eigenvalue weighted by Crippen LogP contribution is -2.34. The second-order valence-corrected chi connectivity index (χ2v) is 10.5. The van der Waals surface area contributed by atoms with E-state index in [1.807, 2.05) is 26.1 Å². The lowest BCUT2D eigenvalue weighted by molar-refractivity contribution is 0.100. The Labute approximate surface area is 224 Å². The number of rotatable bonds is 9. The summed E-state index contributed by atoms with van der Waals surface area (Å²) in [7, 11) is 1.73. The quantitative estimate of drug-likeness (QED) is 0.316. The van der Waals surface area contributed by atoms with Crippen LogP contribution < -0.4 is 15.8 Å². The number of carbonyl (C=O) groups excluding carboxylic acids is 1. The summed E-state index contributed by atoms with van der Waals surface area (Å²) in [5.74, 6) is 1.07. The molecule has 4 aromatic rings. The molecular formula is C31H37N5O2. The van der Waals surface area contributed by atoms with Crippen molar-refractivity contribution in [2.45, 2.75) is 45.1 Å². The SMILES string of the molecule is COc1cccc(C2CCN(CCc3ccc(-c4cc5c(NC(C)C)c(C(N)=O)cnn5c4)cc3)CC2)c1. The predicted octanol–water partition coefficient (Wildman–Crippen LogP) is 5.35. The molecule has 0 atom stereocenters. The Balaban J connectivity index is 1.21. The fraction of sp³-hybridized carbons (Fsp3) is 0.355. The number of amides is 1. The van der Waals surface area contributed by atoms with E-state index in [4.69, 9.17) is 10.5 Å². The van der Waals surface area contributed by atoms with Gasteiger partial charge in [0.1, 0.15) is 5.75 Å². The number of anilines is 1. The van der Waals surface area contributed by atoms with Crippen molar-refractivity contribution in [1.29, 1.82) is 0 Å². The number of carbonyl (C=O) groups is 1. The third-order valence-electron chi connectivity index (χ3n) is 7.49. The van der Waals surface area contributed by atoms with Crippen LogP contribution in [0.2, 0.25) is 0 Å². The van der Waals surface area contributed by atoms with Crippen molar-refractivity contribution in [2.24, 2.45) is 5.73 Å².